The number of nitrogens with two attached hydrogens (primary N) is 1. The summed E-state index contributed by atoms with van der Waals surface area (Å²) in [6.07, 6.45) is 4.67. The molecule has 1 unspecified atom stereocenters. The zero-order valence-corrected chi connectivity index (χ0v) is 11.4. The second-order valence-corrected chi connectivity index (χ2v) is 5.91. The molecule has 5 heteroatoms. The van der Waals surface area contributed by atoms with Gasteiger partial charge in [0.25, 0.3) is 0 Å². The molecule has 0 spiro atoms. The van der Waals surface area contributed by atoms with Crippen molar-refractivity contribution in [2.45, 2.75) is 18.9 Å². The Morgan fingerprint density at radius 1 is 1.10 bits per heavy atom. The van der Waals surface area contributed by atoms with Crippen molar-refractivity contribution in [2.75, 3.05) is 25.4 Å². The quantitative estimate of drug-likeness (QED) is 0.844. The van der Waals surface area contributed by atoms with Crippen LogP contribution in [-0.4, -0.2) is 39.5 Å². The summed E-state index contributed by atoms with van der Waals surface area (Å²) in [5, 5.41) is 8.69. The first-order chi connectivity index (χ1) is 9.79. The molecule has 2 aromatic rings. The first-order valence-corrected chi connectivity index (χ1v) is 7.30. The standard InChI is InChI=1S/C15H19N5/c16-13-3-1-11(2-4-13)14-9-20(18-17-14)15-10-19-7-5-12(15)6-8-19/h1-4,9,12,15H,5-8,10,16H2. The molecule has 5 nitrogen and oxygen atoms in total. The van der Waals surface area contributed by atoms with Crippen LogP contribution in [0.3, 0.4) is 0 Å². The molecule has 1 aromatic carbocycles. The molecular weight excluding hydrogens is 250 g/mol. The molecule has 0 saturated carbocycles. The largest absolute Gasteiger partial charge is 0.399 e. The maximum atomic E-state index is 5.72. The highest BCUT2D eigenvalue weighted by Gasteiger charge is 2.35. The van der Waals surface area contributed by atoms with Gasteiger partial charge in [-0.05, 0) is 44.0 Å². The summed E-state index contributed by atoms with van der Waals surface area (Å²) in [7, 11) is 0. The first kappa shape index (κ1) is 11.9. The number of hydrogen-bond donors (Lipinski definition) is 1. The van der Waals surface area contributed by atoms with Gasteiger partial charge in [-0.3, -0.25) is 0 Å². The van der Waals surface area contributed by atoms with Crippen LogP contribution in [0.1, 0.15) is 18.9 Å². The Balaban J connectivity index is 1.60. The molecule has 5 rings (SSSR count). The zero-order valence-electron chi connectivity index (χ0n) is 11.4. The molecule has 0 amide bonds. The van der Waals surface area contributed by atoms with E-state index in [1.165, 1.54) is 25.9 Å². The Hall–Kier alpha value is -1.88. The summed E-state index contributed by atoms with van der Waals surface area (Å²) < 4.78 is 2.07. The Bertz CT molecular complexity index is 595. The van der Waals surface area contributed by atoms with Gasteiger partial charge >= 0.3 is 0 Å². The van der Waals surface area contributed by atoms with Gasteiger partial charge in [-0.25, -0.2) is 4.68 Å². The van der Waals surface area contributed by atoms with Crippen LogP contribution in [0.5, 0.6) is 0 Å². The number of fused-ring (bicyclic) bond motifs is 3. The second-order valence-electron chi connectivity index (χ2n) is 5.91. The van der Waals surface area contributed by atoms with Crippen molar-refractivity contribution in [2.24, 2.45) is 5.92 Å². The lowest BCUT2D eigenvalue weighted by Gasteiger charge is -2.44. The van der Waals surface area contributed by atoms with E-state index in [9.17, 15) is 0 Å². The highest BCUT2D eigenvalue weighted by atomic mass is 15.4. The van der Waals surface area contributed by atoms with Gasteiger partial charge in [-0.15, -0.1) is 5.10 Å². The van der Waals surface area contributed by atoms with Crippen LogP contribution in [0.25, 0.3) is 11.3 Å². The highest BCUT2D eigenvalue weighted by molar-refractivity contribution is 5.60. The number of rotatable bonds is 2. The van der Waals surface area contributed by atoms with Crippen molar-refractivity contribution in [1.82, 2.24) is 19.9 Å². The van der Waals surface area contributed by atoms with E-state index >= 15 is 0 Å². The summed E-state index contributed by atoms with van der Waals surface area (Å²) in [4.78, 5) is 2.54. The van der Waals surface area contributed by atoms with Gasteiger partial charge in [0.15, 0.2) is 0 Å². The molecule has 0 aliphatic carbocycles. The van der Waals surface area contributed by atoms with E-state index in [0.29, 0.717) is 6.04 Å². The summed E-state index contributed by atoms with van der Waals surface area (Å²) in [5.41, 5.74) is 8.51. The topological polar surface area (TPSA) is 60.0 Å². The molecule has 3 aliphatic heterocycles. The van der Waals surface area contributed by atoms with E-state index in [-0.39, 0.29) is 0 Å². The predicted molar refractivity (Wildman–Crippen MR) is 78.1 cm³/mol. The lowest BCUT2D eigenvalue weighted by atomic mass is 9.84. The number of benzene rings is 1. The van der Waals surface area contributed by atoms with Crippen LogP contribution in [0.15, 0.2) is 30.5 Å². The predicted octanol–water partition coefficient (Wildman–Crippen LogP) is 1.79. The number of nitrogen functional groups attached to an aromatic ring is 1. The van der Waals surface area contributed by atoms with Crippen molar-refractivity contribution in [1.29, 1.82) is 0 Å². The van der Waals surface area contributed by atoms with E-state index in [2.05, 4.69) is 26.1 Å². The molecule has 3 fully saturated rings. The van der Waals surface area contributed by atoms with Crippen LogP contribution >= 0.6 is 0 Å². The molecule has 1 aromatic heterocycles. The number of aromatic nitrogens is 3. The van der Waals surface area contributed by atoms with Crippen LogP contribution < -0.4 is 5.73 Å². The molecule has 3 aliphatic rings. The van der Waals surface area contributed by atoms with E-state index < -0.39 is 0 Å². The molecule has 2 bridgehead atoms. The molecular formula is C15H19N5. The van der Waals surface area contributed by atoms with E-state index in [1.54, 1.807) is 0 Å². The minimum absolute atomic E-state index is 0.493. The van der Waals surface area contributed by atoms with E-state index in [0.717, 1.165) is 29.4 Å². The van der Waals surface area contributed by atoms with Crippen molar-refractivity contribution in [3.63, 3.8) is 0 Å². The fraction of sp³-hybridized carbons (Fsp3) is 0.467. The van der Waals surface area contributed by atoms with Crippen LogP contribution in [0, 0.1) is 5.92 Å². The minimum atomic E-state index is 0.493. The van der Waals surface area contributed by atoms with Crippen LogP contribution in [-0.2, 0) is 0 Å². The highest BCUT2D eigenvalue weighted by Crippen LogP contribution is 2.35. The number of piperidine rings is 3. The molecule has 4 heterocycles. The third-order valence-corrected chi connectivity index (χ3v) is 4.68. The molecule has 20 heavy (non-hydrogen) atoms. The van der Waals surface area contributed by atoms with Gasteiger partial charge in [0.05, 0.1) is 12.2 Å². The summed E-state index contributed by atoms with van der Waals surface area (Å²) >= 11 is 0. The Morgan fingerprint density at radius 2 is 1.85 bits per heavy atom. The van der Waals surface area contributed by atoms with Gasteiger partial charge in [-0.1, -0.05) is 17.3 Å². The Morgan fingerprint density at radius 3 is 2.50 bits per heavy atom. The average molecular weight is 269 g/mol. The lowest BCUT2D eigenvalue weighted by molar-refractivity contribution is 0.0504. The van der Waals surface area contributed by atoms with E-state index in [1.807, 2.05) is 24.3 Å². The molecule has 1 atom stereocenters. The monoisotopic (exact) mass is 269 g/mol. The average Bonchev–Trinajstić information content (AvgIpc) is 2.99. The molecule has 2 N–H and O–H groups in total. The van der Waals surface area contributed by atoms with Crippen molar-refractivity contribution < 1.29 is 0 Å². The fourth-order valence-corrected chi connectivity index (χ4v) is 3.46. The Labute approximate surface area is 118 Å². The van der Waals surface area contributed by atoms with Gasteiger partial charge in [-0.2, -0.15) is 0 Å². The first-order valence-electron chi connectivity index (χ1n) is 7.30. The number of anilines is 1. The van der Waals surface area contributed by atoms with Crippen molar-refractivity contribution >= 4 is 5.69 Å². The van der Waals surface area contributed by atoms with Gasteiger partial charge in [0.1, 0.15) is 5.69 Å². The van der Waals surface area contributed by atoms with Gasteiger partial charge in [0, 0.05) is 17.8 Å². The molecule has 3 saturated heterocycles. The summed E-state index contributed by atoms with van der Waals surface area (Å²) in [5.74, 6) is 0.765. The van der Waals surface area contributed by atoms with E-state index in [4.69, 9.17) is 5.73 Å². The third-order valence-electron chi connectivity index (χ3n) is 4.68. The summed E-state index contributed by atoms with van der Waals surface area (Å²) in [6, 6.07) is 8.30. The maximum Gasteiger partial charge on any atom is 0.113 e. The summed E-state index contributed by atoms with van der Waals surface area (Å²) in [6.45, 7) is 3.62. The van der Waals surface area contributed by atoms with Crippen LogP contribution in [0.2, 0.25) is 0 Å². The van der Waals surface area contributed by atoms with Crippen molar-refractivity contribution in [3.8, 4) is 11.3 Å². The lowest BCUT2D eigenvalue weighted by Crippen LogP contribution is -2.48. The van der Waals surface area contributed by atoms with Crippen molar-refractivity contribution in [3.05, 3.63) is 30.5 Å². The molecule has 104 valence electrons. The Kier molecular flexibility index (Phi) is 2.73. The number of hydrogen-bond acceptors (Lipinski definition) is 4. The smallest absolute Gasteiger partial charge is 0.113 e. The fourth-order valence-electron chi connectivity index (χ4n) is 3.46. The minimum Gasteiger partial charge on any atom is -0.399 e. The number of nitrogens with zero attached hydrogens (tertiary/aromatic N) is 4. The zero-order chi connectivity index (χ0) is 13.5. The maximum absolute atomic E-state index is 5.72. The second kappa shape index (κ2) is 4.59. The normalized spacial score (nSPS) is 28.7. The third kappa shape index (κ3) is 1.98. The molecule has 0 radical (unpaired) electrons. The SMILES string of the molecule is Nc1ccc(-c2cn(C3CN4CCC3CC4)nn2)cc1. The van der Waals surface area contributed by atoms with Gasteiger partial charge < -0.3 is 10.6 Å². The van der Waals surface area contributed by atoms with Crippen LogP contribution in [0.4, 0.5) is 5.69 Å². The van der Waals surface area contributed by atoms with Gasteiger partial charge in [0.2, 0.25) is 0 Å².